The van der Waals surface area contributed by atoms with E-state index >= 15 is 0 Å². The fourth-order valence-electron chi connectivity index (χ4n) is 4.08. The lowest BCUT2D eigenvalue weighted by Gasteiger charge is -2.35. The van der Waals surface area contributed by atoms with Crippen LogP contribution in [0, 0.1) is 11.8 Å². The molecule has 2 saturated heterocycles. The van der Waals surface area contributed by atoms with Crippen LogP contribution in [0.15, 0.2) is 28.7 Å². The predicted molar refractivity (Wildman–Crippen MR) is 117 cm³/mol. The molecule has 1 aromatic carbocycles. The summed E-state index contributed by atoms with van der Waals surface area (Å²) in [6.07, 6.45) is 3.13. The van der Waals surface area contributed by atoms with E-state index in [2.05, 4.69) is 22.1 Å². The molecular formula is C20H30Cl2N4O2. The third-order valence-corrected chi connectivity index (χ3v) is 5.82. The first-order chi connectivity index (χ1) is 12.7. The third-order valence-electron chi connectivity index (χ3n) is 5.82. The van der Waals surface area contributed by atoms with Gasteiger partial charge in [-0.15, -0.1) is 24.8 Å². The maximum Gasteiger partial charge on any atom is 0.298 e. The molecule has 2 aliphatic heterocycles. The summed E-state index contributed by atoms with van der Waals surface area (Å²) in [5, 5.41) is 3.45. The molecule has 8 heteroatoms. The van der Waals surface area contributed by atoms with Crippen LogP contribution in [-0.4, -0.2) is 55.1 Å². The Hall–Kier alpha value is -1.50. The second kappa shape index (κ2) is 10.3. The highest BCUT2D eigenvalue weighted by molar-refractivity contribution is 5.85. The van der Waals surface area contributed by atoms with E-state index in [0.717, 1.165) is 50.4 Å². The van der Waals surface area contributed by atoms with Crippen molar-refractivity contribution >= 4 is 47.8 Å². The number of piperazine rings is 1. The molecule has 2 fully saturated rings. The molecule has 2 aliphatic rings. The van der Waals surface area contributed by atoms with Crippen molar-refractivity contribution in [1.29, 1.82) is 0 Å². The van der Waals surface area contributed by atoms with E-state index in [9.17, 15) is 4.79 Å². The quantitative estimate of drug-likeness (QED) is 0.808. The third kappa shape index (κ3) is 5.10. The van der Waals surface area contributed by atoms with E-state index in [4.69, 9.17) is 4.42 Å². The van der Waals surface area contributed by atoms with Crippen LogP contribution in [0.25, 0.3) is 11.1 Å². The molecule has 2 unspecified atom stereocenters. The predicted octanol–water partition coefficient (Wildman–Crippen LogP) is 3.35. The van der Waals surface area contributed by atoms with Gasteiger partial charge in [-0.25, -0.2) is 0 Å². The van der Waals surface area contributed by atoms with Gasteiger partial charge in [-0.2, -0.15) is 4.98 Å². The standard InChI is InChI=1S/C20H28N4O2.2ClH/c1-15(16-5-4-8-21-14-16)13-19(25)23-9-11-24(12-10-23)20-22-17-6-2-3-7-18(17)26-20;;/h2-3,6-7,15-16,21H,4-5,8-14H2,1H3;2*1H. The normalized spacial score (nSPS) is 21.0. The molecule has 1 N–H and O–H groups in total. The number of nitrogens with one attached hydrogen (secondary N) is 1. The summed E-state index contributed by atoms with van der Waals surface area (Å²) in [5.74, 6) is 1.37. The smallest absolute Gasteiger partial charge is 0.298 e. The molecule has 0 saturated carbocycles. The zero-order valence-corrected chi connectivity index (χ0v) is 17.9. The van der Waals surface area contributed by atoms with E-state index in [-0.39, 0.29) is 24.8 Å². The fraction of sp³-hybridized carbons (Fsp3) is 0.600. The molecule has 2 atom stereocenters. The second-order valence-corrected chi connectivity index (χ2v) is 7.62. The molecule has 1 aromatic heterocycles. The number of nitrogens with zero attached hydrogens (tertiary/aromatic N) is 3. The number of para-hydroxylation sites is 2. The molecule has 0 spiro atoms. The molecule has 3 heterocycles. The van der Waals surface area contributed by atoms with Crippen molar-refractivity contribution in [3.8, 4) is 0 Å². The topological polar surface area (TPSA) is 61.6 Å². The Morgan fingerprint density at radius 3 is 2.68 bits per heavy atom. The van der Waals surface area contributed by atoms with Crippen molar-refractivity contribution in [2.45, 2.75) is 26.2 Å². The molecule has 0 radical (unpaired) electrons. The average Bonchev–Trinajstić information content (AvgIpc) is 3.13. The van der Waals surface area contributed by atoms with Crippen LogP contribution in [0.3, 0.4) is 0 Å². The molecule has 1 amide bonds. The SMILES string of the molecule is CC(CC(=O)N1CCN(c2nc3ccccc3o2)CC1)C1CCCNC1.Cl.Cl. The molecule has 0 aliphatic carbocycles. The lowest BCUT2D eigenvalue weighted by Crippen LogP contribution is -2.49. The maximum atomic E-state index is 12.7. The van der Waals surface area contributed by atoms with E-state index in [1.54, 1.807) is 0 Å². The van der Waals surface area contributed by atoms with Crippen LogP contribution in [0.4, 0.5) is 6.01 Å². The van der Waals surface area contributed by atoms with E-state index < -0.39 is 0 Å². The van der Waals surface area contributed by atoms with Crippen molar-refractivity contribution in [1.82, 2.24) is 15.2 Å². The molecule has 6 nitrogen and oxygen atoms in total. The van der Waals surface area contributed by atoms with Crippen molar-refractivity contribution in [2.75, 3.05) is 44.2 Å². The highest BCUT2D eigenvalue weighted by atomic mass is 35.5. The van der Waals surface area contributed by atoms with Gasteiger partial charge in [0.1, 0.15) is 5.52 Å². The first-order valence-electron chi connectivity index (χ1n) is 9.80. The number of oxazole rings is 1. The molecule has 2 aromatic rings. The van der Waals surface area contributed by atoms with Gasteiger partial charge >= 0.3 is 0 Å². The number of anilines is 1. The molecule has 28 heavy (non-hydrogen) atoms. The Labute approximate surface area is 178 Å². The van der Waals surface area contributed by atoms with Gasteiger partial charge in [0.2, 0.25) is 5.91 Å². The number of fused-ring (bicyclic) bond motifs is 1. The number of piperidine rings is 1. The summed E-state index contributed by atoms with van der Waals surface area (Å²) in [7, 11) is 0. The number of halogens is 2. The van der Waals surface area contributed by atoms with Crippen LogP contribution < -0.4 is 10.2 Å². The number of amides is 1. The van der Waals surface area contributed by atoms with Crippen LogP contribution >= 0.6 is 24.8 Å². The summed E-state index contributed by atoms with van der Waals surface area (Å²) < 4.78 is 5.85. The Kier molecular flexibility index (Phi) is 8.40. The highest BCUT2D eigenvalue weighted by Gasteiger charge is 2.27. The largest absolute Gasteiger partial charge is 0.423 e. The monoisotopic (exact) mass is 428 g/mol. The summed E-state index contributed by atoms with van der Waals surface area (Å²) >= 11 is 0. The number of carbonyl (C=O) groups excluding carboxylic acids is 1. The number of aromatic nitrogens is 1. The zero-order valence-electron chi connectivity index (χ0n) is 16.3. The summed E-state index contributed by atoms with van der Waals surface area (Å²) in [6, 6.07) is 8.49. The van der Waals surface area contributed by atoms with Gasteiger partial charge in [0, 0.05) is 32.6 Å². The lowest BCUT2D eigenvalue weighted by atomic mass is 9.85. The maximum absolute atomic E-state index is 12.7. The summed E-state index contributed by atoms with van der Waals surface area (Å²) in [4.78, 5) is 21.4. The van der Waals surface area contributed by atoms with Crippen molar-refractivity contribution in [3.63, 3.8) is 0 Å². The first kappa shape index (κ1) is 22.8. The van der Waals surface area contributed by atoms with Gasteiger partial charge in [0.05, 0.1) is 0 Å². The van der Waals surface area contributed by atoms with E-state index in [0.29, 0.717) is 30.2 Å². The Bertz CT molecular complexity index is 722. The number of hydrogen-bond donors (Lipinski definition) is 1. The average molecular weight is 429 g/mol. The Balaban J connectivity index is 0.00000140. The highest BCUT2D eigenvalue weighted by Crippen LogP contribution is 2.25. The van der Waals surface area contributed by atoms with Crippen LogP contribution in [0.5, 0.6) is 0 Å². The number of hydrogen-bond acceptors (Lipinski definition) is 5. The molecule has 4 rings (SSSR count). The fourth-order valence-corrected chi connectivity index (χ4v) is 4.08. The Morgan fingerprint density at radius 2 is 2.00 bits per heavy atom. The van der Waals surface area contributed by atoms with E-state index in [1.165, 1.54) is 12.8 Å². The summed E-state index contributed by atoms with van der Waals surface area (Å²) in [5.41, 5.74) is 1.70. The van der Waals surface area contributed by atoms with E-state index in [1.807, 2.05) is 29.2 Å². The van der Waals surface area contributed by atoms with Gasteiger partial charge in [0.15, 0.2) is 5.58 Å². The van der Waals surface area contributed by atoms with Crippen molar-refractivity contribution in [2.24, 2.45) is 11.8 Å². The second-order valence-electron chi connectivity index (χ2n) is 7.62. The van der Waals surface area contributed by atoms with Gasteiger partial charge in [0.25, 0.3) is 6.01 Å². The number of benzene rings is 1. The van der Waals surface area contributed by atoms with Crippen molar-refractivity contribution in [3.05, 3.63) is 24.3 Å². The van der Waals surface area contributed by atoms with Crippen LogP contribution in [0.2, 0.25) is 0 Å². The van der Waals surface area contributed by atoms with Gasteiger partial charge in [-0.3, -0.25) is 4.79 Å². The minimum Gasteiger partial charge on any atom is -0.423 e. The molecule has 156 valence electrons. The zero-order chi connectivity index (χ0) is 17.9. The Morgan fingerprint density at radius 1 is 1.25 bits per heavy atom. The molecule has 0 bridgehead atoms. The minimum absolute atomic E-state index is 0. The summed E-state index contributed by atoms with van der Waals surface area (Å²) in [6.45, 7) is 7.44. The minimum atomic E-state index is 0. The first-order valence-corrected chi connectivity index (χ1v) is 9.80. The lowest BCUT2D eigenvalue weighted by molar-refractivity contribution is -0.132. The number of carbonyl (C=O) groups is 1. The van der Waals surface area contributed by atoms with Crippen molar-refractivity contribution < 1.29 is 9.21 Å². The van der Waals surface area contributed by atoms with Gasteiger partial charge < -0.3 is 19.5 Å². The van der Waals surface area contributed by atoms with Crippen LogP contribution in [0.1, 0.15) is 26.2 Å². The van der Waals surface area contributed by atoms with Gasteiger partial charge in [-0.1, -0.05) is 19.1 Å². The number of rotatable bonds is 4. The van der Waals surface area contributed by atoms with Crippen LogP contribution in [-0.2, 0) is 4.79 Å². The van der Waals surface area contributed by atoms with Gasteiger partial charge in [-0.05, 0) is 49.9 Å². The molecular weight excluding hydrogens is 399 g/mol.